The van der Waals surface area contributed by atoms with Crippen molar-refractivity contribution in [2.75, 3.05) is 16.4 Å². The second-order valence-electron chi connectivity index (χ2n) is 5.68. The molecule has 142 valence electrons. The first-order valence-corrected chi connectivity index (χ1v) is 10.4. The van der Waals surface area contributed by atoms with Crippen LogP contribution in [0, 0.1) is 11.6 Å². The van der Waals surface area contributed by atoms with E-state index in [4.69, 9.17) is 0 Å². The lowest BCUT2D eigenvalue weighted by molar-refractivity contribution is 0.262. The van der Waals surface area contributed by atoms with Crippen molar-refractivity contribution in [3.63, 3.8) is 0 Å². The van der Waals surface area contributed by atoms with Crippen LogP contribution in [-0.2, 0) is 9.84 Å². The van der Waals surface area contributed by atoms with Gasteiger partial charge in [0.15, 0.2) is 0 Å². The number of urea groups is 1. The van der Waals surface area contributed by atoms with Crippen molar-refractivity contribution in [3.05, 3.63) is 48.0 Å². The predicted octanol–water partition coefficient (Wildman–Crippen LogP) is 4.40. The van der Waals surface area contributed by atoms with Crippen LogP contribution in [0.25, 0.3) is 10.2 Å². The van der Waals surface area contributed by atoms with Gasteiger partial charge in [-0.1, -0.05) is 6.92 Å². The quantitative estimate of drug-likeness (QED) is 0.651. The molecule has 0 aliphatic carbocycles. The van der Waals surface area contributed by atoms with E-state index >= 15 is 0 Å². The van der Waals surface area contributed by atoms with Crippen molar-refractivity contribution in [2.24, 2.45) is 0 Å². The first kappa shape index (κ1) is 19.2. The Morgan fingerprint density at radius 2 is 1.93 bits per heavy atom. The summed E-state index contributed by atoms with van der Waals surface area (Å²) >= 11 is 1.02. The Bertz CT molecular complexity index is 1110. The van der Waals surface area contributed by atoms with Crippen molar-refractivity contribution < 1.29 is 22.0 Å². The van der Waals surface area contributed by atoms with E-state index in [1.807, 2.05) is 0 Å². The maximum absolute atomic E-state index is 13.6. The Balaban J connectivity index is 1.78. The maximum Gasteiger partial charge on any atom is 0.323 e. The maximum atomic E-state index is 13.6. The molecule has 0 aliphatic heterocycles. The van der Waals surface area contributed by atoms with Crippen LogP contribution in [0.1, 0.15) is 13.3 Å². The summed E-state index contributed by atoms with van der Waals surface area (Å²) in [6, 6.07) is 6.81. The van der Waals surface area contributed by atoms with Crippen LogP contribution in [-0.4, -0.2) is 25.2 Å². The van der Waals surface area contributed by atoms with Crippen molar-refractivity contribution in [3.8, 4) is 0 Å². The third-order valence-corrected chi connectivity index (χ3v) is 6.94. The molecule has 0 fully saturated rings. The average molecular weight is 411 g/mol. The van der Waals surface area contributed by atoms with E-state index in [9.17, 15) is 22.0 Å². The largest absolute Gasteiger partial charge is 0.323 e. The summed E-state index contributed by atoms with van der Waals surface area (Å²) in [4.78, 5) is 16.1. The zero-order chi connectivity index (χ0) is 19.6. The number of carbonyl (C=O) groups is 1. The van der Waals surface area contributed by atoms with Gasteiger partial charge < -0.3 is 10.6 Å². The number of fused-ring (bicyclic) bond motifs is 1. The summed E-state index contributed by atoms with van der Waals surface area (Å²) in [6.07, 6.45) is 0.491. The molecule has 2 amide bonds. The summed E-state index contributed by atoms with van der Waals surface area (Å²) in [5, 5.41) is 4.80. The number of rotatable bonds is 5. The molecule has 6 nitrogen and oxygen atoms in total. The highest BCUT2D eigenvalue weighted by Gasteiger charge is 2.19. The van der Waals surface area contributed by atoms with Crippen LogP contribution >= 0.6 is 11.3 Å². The number of nitrogens with zero attached hydrogens (tertiary/aromatic N) is 1. The van der Waals surface area contributed by atoms with Gasteiger partial charge in [0.25, 0.3) is 0 Å². The molecule has 2 aromatic carbocycles. The molecule has 0 aliphatic rings. The molecule has 0 bridgehead atoms. The van der Waals surface area contributed by atoms with Crippen LogP contribution in [0.3, 0.4) is 0 Å². The molecule has 0 atom stereocenters. The number of carbonyl (C=O) groups excluding carboxylic acids is 1. The second kappa shape index (κ2) is 7.57. The van der Waals surface area contributed by atoms with Crippen LogP contribution < -0.4 is 10.6 Å². The number of hydrogen-bond acceptors (Lipinski definition) is 5. The molecule has 1 aromatic heterocycles. The van der Waals surface area contributed by atoms with E-state index < -0.39 is 27.5 Å². The van der Waals surface area contributed by atoms with Gasteiger partial charge in [-0.3, -0.25) is 0 Å². The topological polar surface area (TPSA) is 88.2 Å². The molecule has 27 heavy (non-hydrogen) atoms. The van der Waals surface area contributed by atoms with Crippen molar-refractivity contribution >= 4 is 48.8 Å². The minimum Gasteiger partial charge on any atom is -0.308 e. The molecule has 0 unspecified atom stereocenters. The van der Waals surface area contributed by atoms with Crippen LogP contribution in [0.15, 0.2) is 40.7 Å². The number of hydrogen-bond donors (Lipinski definition) is 2. The first-order chi connectivity index (χ1) is 12.8. The van der Waals surface area contributed by atoms with Crippen LogP contribution in [0.2, 0.25) is 0 Å². The van der Waals surface area contributed by atoms with Gasteiger partial charge in [-0.15, -0.1) is 11.3 Å². The fourth-order valence-corrected chi connectivity index (χ4v) is 5.06. The van der Waals surface area contributed by atoms with E-state index in [0.29, 0.717) is 28.4 Å². The summed E-state index contributed by atoms with van der Waals surface area (Å²) in [5.41, 5.74) is 0.719. The Morgan fingerprint density at radius 3 is 2.63 bits per heavy atom. The molecule has 10 heteroatoms. The molecule has 0 spiro atoms. The number of nitrogens with one attached hydrogen (secondary N) is 2. The number of halogens is 2. The molecule has 0 radical (unpaired) electrons. The van der Waals surface area contributed by atoms with E-state index in [0.717, 1.165) is 23.5 Å². The van der Waals surface area contributed by atoms with Crippen LogP contribution in [0.4, 0.5) is 25.0 Å². The number of benzene rings is 2. The van der Waals surface area contributed by atoms with E-state index in [2.05, 4.69) is 15.6 Å². The molecule has 3 aromatic rings. The lowest BCUT2D eigenvalue weighted by atomic mass is 10.3. The number of anilines is 2. The normalized spacial score (nSPS) is 11.5. The third-order valence-electron chi connectivity index (χ3n) is 3.54. The van der Waals surface area contributed by atoms with Gasteiger partial charge in [0, 0.05) is 11.8 Å². The summed E-state index contributed by atoms with van der Waals surface area (Å²) < 4.78 is 51.4. The zero-order valence-electron chi connectivity index (χ0n) is 14.1. The molecular weight excluding hydrogens is 396 g/mol. The van der Waals surface area contributed by atoms with Crippen LogP contribution in [0.5, 0.6) is 0 Å². The van der Waals surface area contributed by atoms with Crippen molar-refractivity contribution in [1.82, 2.24) is 4.98 Å². The van der Waals surface area contributed by atoms with Crippen molar-refractivity contribution in [1.29, 1.82) is 0 Å². The fourth-order valence-electron chi connectivity index (χ4n) is 2.35. The summed E-state index contributed by atoms with van der Waals surface area (Å²) in [7, 11) is -3.42. The molecule has 3 rings (SSSR count). The Kier molecular flexibility index (Phi) is 5.38. The molecular formula is C17H15F2N3O3S2. The highest BCUT2D eigenvalue weighted by atomic mass is 32.2. The highest BCUT2D eigenvalue weighted by molar-refractivity contribution is 7.93. The molecule has 0 saturated heterocycles. The van der Waals surface area contributed by atoms with Crippen molar-refractivity contribution in [2.45, 2.75) is 17.7 Å². The number of thiazole rings is 1. The minimum atomic E-state index is -3.42. The van der Waals surface area contributed by atoms with Gasteiger partial charge >= 0.3 is 6.03 Å². The van der Waals surface area contributed by atoms with Gasteiger partial charge in [0.1, 0.15) is 11.6 Å². The predicted molar refractivity (Wildman–Crippen MR) is 101 cm³/mol. The molecule has 0 saturated carbocycles. The average Bonchev–Trinajstić information content (AvgIpc) is 3.01. The Labute approximate surface area is 158 Å². The van der Waals surface area contributed by atoms with Gasteiger partial charge in [-0.25, -0.2) is 27.0 Å². The fraction of sp³-hybridized carbons (Fsp3) is 0.176. The SMILES string of the molecule is CCCS(=O)(=O)c1nc2ccc(NC(=O)Nc3ccc(F)cc3F)cc2s1. The minimum absolute atomic E-state index is 0.0174. The third kappa shape index (κ3) is 4.40. The van der Waals surface area contributed by atoms with E-state index in [-0.39, 0.29) is 15.8 Å². The lowest BCUT2D eigenvalue weighted by Gasteiger charge is -2.08. The molecule has 2 N–H and O–H groups in total. The molecule has 1 heterocycles. The van der Waals surface area contributed by atoms with E-state index in [1.54, 1.807) is 25.1 Å². The van der Waals surface area contributed by atoms with Gasteiger partial charge in [0.2, 0.25) is 14.2 Å². The summed E-state index contributed by atoms with van der Waals surface area (Å²) in [6.45, 7) is 1.77. The first-order valence-electron chi connectivity index (χ1n) is 7.95. The van der Waals surface area contributed by atoms with Gasteiger partial charge in [0.05, 0.1) is 21.7 Å². The van der Waals surface area contributed by atoms with E-state index in [1.165, 1.54) is 0 Å². The monoisotopic (exact) mass is 411 g/mol. The summed E-state index contributed by atoms with van der Waals surface area (Å²) in [5.74, 6) is -1.62. The Morgan fingerprint density at radius 1 is 1.15 bits per heavy atom. The standard InChI is InChI=1S/C17H15F2N3O3S2/c1-2-7-27(24,25)17-22-14-6-4-11(9-15(14)26-17)20-16(23)21-13-5-3-10(18)8-12(13)19/h3-6,8-9H,2,7H2,1H3,(H2,20,21,23). The van der Waals surface area contributed by atoms with Gasteiger partial charge in [-0.2, -0.15) is 0 Å². The second-order valence-corrected chi connectivity index (χ2v) is 9.00. The number of aromatic nitrogens is 1. The number of sulfone groups is 1. The lowest BCUT2D eigenvalue weighted by Crippen LogP contribution is -2.20. The zero-order valence-corrected chi connectivity index (χ0v) is 15.8. The smallest absolute Gasteiger partial charge is 0.308 e. The number of amides is 2. The highest BCUT2D eigenvalue weighted by Crippen LogP contribution is 2.29. The van der Waals surface area contributed by atoms with Gasteiger partial charge in [-0.05, 0) is 36.8 Å². The Hall–Kier alpha value is -2.59.